The average Bonchev–Trinajstić information content (AvgIpc) is 2.67. The summed E-state index contributed by atoms with van der Waals surface area (Å²) in [6.45, 7) is 2.85. The number of hydrogen-bond acceptors (Lipinski definition) is 2. The van der Waals surface area contributed by atoms with E-state index >= 15 is 0 Å². The Labute approximate surface area is 104 Å². The van der Waals surface area contributed by atoms with E-state index in [1.54, 1.807) is 10.9 Å². The van der Waals surface area contributed by atoms with Gasteiger partial charge in [0.05, 0.1) is 12.7 Å². The first-order chi connectivity index (χ1) is 8.61. The molecular weight excluding hydrogens is 236 g/mol. The maximum atomic E-state index is 13.5. The highest BCUT2D eigenvalue weighted by Gasteiger charge is 2.09. The van der Waals surface area contributed by atoms with Crippen LogP contribution in [-0.4, -0.2) is 16.8 Å². The molecular formula is C13H15F2N3. The summed E-state index contributed by atoms with van der Waals surface area (Å²) in [5, 5.41) is 7.22. The lowest BCUT2D eigenvalue weighted by Gasteiger charge is -2.07. The Hall–Kier alpha value is -1.75. The number of benzene rings is 1. The zero-order chi connectivity index (χ0) is 13.1. The monoisotopic (exact) mass is 251 g/mol. The summed E-state index contributed by atoms with van der Waals surface area (Å²) in [7, 11) is 1.85. The molecule has 0 saturated heterocycles. The van der Waals surface area contributed by atoms with E-state index < -0.39 is 11.6 Å². The molecule has 1 N–H and O–H groups in total. The Balaban J connectivity index is 2.26. The van der Waals surface area contributed by atoms with Crippen LogP contribution >= 0.6 is 0 Å². The van der Waals surface area contributed by atoms with Crippen molar-refractivity contribution in [1.82, 2.24) is 15.1 Å². The molecule has 0 spiro atoms. The molecule has 0 saturated carbocycles. The van der Waals surface area contributed by atoms with E-state index in [1.807, 2.05) is 14.0 Å². The Morgan fingerprint density at radius 3 is 2.78 bits per heavy atom. The Morgan fingerprint density at radius 1 is 1.28 bits per heavy atom. The van der Waals surface area contributed by atoms with Gasteiger partial charge in [-0.2, -0.15) is 5.10 Å². The van der Waals surface area contributed by atoms with Crippen LogP contribution < -0.4 is 5.32 Å². The smallest absolute Gasteiger partial charge is 0.128 e. The first-order valence-corrected chi connectivity index (χ1v) is 5.71. The van der Waals surface area contributed by atoms with Crippen molar-refractivity contribution in [3.8, 4) is 0 Å². The topological polar surface area (TPSA) is 29.9 Å². The van der Waals surface area contributed by atoms with Gasteiger partial charge in [0.2, 0.25) is 0 Å². The van der Waals surface area contributed by atoms with Crippen LogP contribution in [0.2, 0.25) is 0 Å². The van der Waals surface area contributed by atoms with Crippen LogP contribution in [0, 0.1) is 18.6 Å². The zero-order valence-corrected chi connectivity index (χ0v) is 10.4. The van der Waals surface area contributed by atoms with Gasteiger partial charge in [0.1, 0.15) is 11.6 Å². The normalized spacial score (nSPS) is 10.9. The van der Waals surface area contributed by atoms with Gasteiger partial charge in [-0.05, 0) is 32.2 Å². The summed E-state index contributed by atoms with van der Waals surface area (Å²) in [6.07, 6.45) is 1.74. The highest BCUT2D eigenvalue weighted by Crippen LogP contribution is 2.14. The van der Waals surface area contributed by atoms with Crippen molar-refractivity contribution >= 4 is 0 Å². The molecule has 2 aromatic rings. The largest absolute Gasteiger partial charge is 0.316 e. The van der Waals surface area contributed by atoms with Crippen molar-refractivity contribution in [2.75, 3.05) is 7.05 Å². The van der Waals surface area contributed by atoms with E-state index in [4.69, 9.17) is 0 Å². The van der Waals surface area contributed by atoms with Crippen molar-refractivity contribution in [3.63, 3.8) is 0 Å². The lowest BCUT2D eigenvalue weighted by Crippen LogP contribution is -2.09. The molecule has 0 fully saturated rings. The van der Waals surface area contributed by atoms with Gasteiger partial charge < -0.3 is 5.32 Å². The number of nitrogens with one attached hydrogen (secondary N) is 1. The second-order valence-electron chi connectivity index (χ2n) is 4.18. The Morgan fingerprint density at radius 2 is 2.06 bits per heavy atom. The fraction of sp³-hybridized carbons (Fsp3) is 0.308. The summed E-state index contributed by atoms with van der Waals surface area (Å²) in [5.74, 6) is -0.854. The average molecular weight is 251 g/mol. The van der Waals surface area contributed by atoms with Crippen molar-refractivity contribution in [2.24, 2.45) is 0 Å². The van der Waals surface area contributed by atoms with Crippen LogP contribution in [0.15, 0.2) is 24.4 Å². The van der Waals surface area contributed by atoms with Gasteiger partial charge in [0.25, 0.3) is 0 Å². The number of rotatable bonds is 4. The van der Waals surface area contributed by atoms with Gasteiger partial charge in [0.15, 0.2) is 0 Å². The van der Waals surface area contributed by atoms with Gasteiger partial charge in [-0.15, -0.1) is 0 Å². The van der Waals surface area contributed by atoms with E-state index in [2.05, 4.69) is 10.4 Å². The minimum absolute atomic E-state index is 0.235. The number of nitrogens with zero attached hydrogens (tertiary/aromatic N) is 2. The quantitative estimate of drug-likeness (QED) is 0.903. The van der Waals surface area contributed by atoms with Crippen LogP contribution in [0.1, 0.15) is 16.8 Å². The van der Waals surface area contributed by atoms with Gasteiger partial charge in [-0.1, -0.05) is 0 Å². The summed E-state index contributed by atoms with van der Waals surface area (Å²) in [6, 6.07) is 3.45. The number of hydrogen-bond donors (Lipinski definition) is 1. The van der Waals surface area contributed by atoms with Crippen molar-refractivity contribution in [2.45, 2.75) is 20.0 Å². The first-order valence-electron chi connectivity index (χ1n) is 5.71. The molecule has 0 aliphatic rings. The second kappa shape index (κ2) is 5.27. The third kappa shape index (κ3) is 2.56. The van der Waals surface area contributed by atoms with Crippen LogP contribution in [0.3, 0.4) is 0 Å². The van der Waals surface area contributed by atoms with E-state index in [1.165, 1.54) is 6.07 Å². The molecule has 0 aliphatic carbocycles. The summed E-state index contributed by atoms with van der Waals surface area (Å²) < 4.78 is 28.3. The fourth-order valence-corrected chi connectivity index (χ4v) is 1.83. The van der Waals surface area contributed by atoms with E-state index in [-0.39, 0.29) is 6.54 Å². The third-order valence-electron chi connectivity index (χ3n) is 2.90. The Bertz CT molecular complexity index is 549. The molecule has 1 heterocycles. The van der Waals surface area contributed by atoms with Gasteiger partial charge >= 0.3 is 0 Å². The van der Waals surface area contributed by atoms with E-state index in [9.17, 15) is 8.78 Å². The standard InChI is InChI=1S/C13H15F2N3/c1-9-11(6-16-2)7-17-18(9)8-10-5-12(14)3-4-13(10)15/h3-5,7,16H,6,8H2,1-2H3. The molecule has 1 aromatic heterocycles. The molecule has 0 atom stereocenters. The molecule has 0 unspecified atom stereocenters. The summed E-state index contributed by atoms with van der Waals surface area (Å²) >= 11 is 0. The van der Waals surface area contributed by atoms with Gasteiger partial charge in [0, 0.05) is 23.4 Å². The minimum atomic E-state index is -0.438. The molecule has 18 heavy (non-hydrogen) atoms. The SMILES string of the molecule is CNCc1cnn(Cc2cc(F)ccc2F)c1C. The van der Waals surface area contributed by atoms with Crippen LogP contribution in [0.4, 0.5) is 8.78 Å². The molecule has 0 aliphatic heterocycles. The predicted octanol–water partition coefficient (Wildman–Crippen LogP) is 2.24. The molecule has 5 heteroatoms. The van der Waals surface area contributed by atoms with Crippen molar-refractivity contribution in [1.29, 1.82) is 0 Å². The summed E-state index contributed by atoms with van der Waals surface area (Å²) in [5.41, 5.74) is 2.31. The predicted molar refractivity (Wildman–Crippen MR) is 65.2 cm³/mol. The molecule has 0 radical (unpaired) electrons. The molecule has 96 valence electrons. The van der Waals surface area contributed by atoms with E-state index in [0.717, 1.165) is 23.4 Å². The third-order valence-corrected chi connectivity index (χ3v) is 2.90. The second-order valence-corrected chi connectivity index (χ2v) is 4.18. The highest BCUT2D eigenvalue weighted by atomic mass is 19.1. The minimum Gasteiger partial charge on any atom is -0.316 e. The zero-order valence-electron chi connectivity index (χ0n) is 10.4. The number of aromatic nitrogens is 2. The number of halogens is 2. The van der Waals surface area contributed by atoms with Crippen molar-refractivity contribution in [3.05, 3.63) is 52.9 Å². The van der Waals surface area contributed by atoms with Crippen LogP contribution in [0.5, 0.6) is 0 Å². The molecule has 1 aromatic carbocycles. The maximum absolute atomic E-state index is 13.5. The summed E-state index contributed by atoms with van der Waals surface area (Å²) in [4.78, 5) is 0. The first kappa shape index (κ1) is 12.7. The molecule has 0 bridgehead atoms. The lowest BCUT2D eigenvalue weighted by atomic mass is 10.2. The fourth-order valence-electron chi connectivity index (χ4n) is 1.83. The molecule has 3 nitrogen and oxygen atoms in total. The highest BCUT2D eigenvalue weighted by molar-refractivity contribution is 5.21. The van der Waals surface area contributed by atoms with E-state index in [0.29, 0.717) is 12.1 Å². The van der Waals surface area contributed by atoms with Crippen LogP contribution in [-0.2, 0) is 13.1 Å². The molecule has 0 amide bonds. The Kier molecular flexibility index (Phi) is 3.72. The molecule has 2 rings (SSSR count). The maximum Gasteiger partial charge on any atom is 0.128 e. The lowest BCUT2D eigenvalue weighted by molar-refractivity contribution is 0.562. The van der Waals surface area contributed by atoms with Gasteiger partial charge in [-0.3, -0.25) is 4.68 Å². The van der Waals surface area contributed by atoms with Crippen molar-refractivity contribution < 1.29 is 8.78 Å². The van der Waals surface area contributed by atoms with Crippen LogP contribution in [0.25, 0.3) is 0 Å². The van der Waals surface area contributed by atoms with Gasteiger partial charge in [-0.25, -0.2) is 8.78 Å².